The second kappa shape index (κ2) is 2.39. The van der Waals surface area contributed by atoms with Gasteiger partial charge in [0.1, 0.15) is 6.07 Å². The van der Waals surface area contributed by atoms with Crippen LogP contribution >= 0.6 is 0 Å². The van der Waals surface area contributed by atoms with Crippen molar-refractivity contribution in [1.82, 2.24) is 9.97 Å². The molecule has 1 heterocycles. The first-order valence-electron chi connectivity index (χ1n) is 3.49. The molecule has 1 N–H and O–H groups in total. The van der Waals surface area contributed by atoms with Gasteiger partial charge in [-0.2, -0.15) is 5.26 Å². The summed E-state index contributed by atoms with van der Waals surface area (Å²) in [4.78, 5) is 6.85. The quantitative estimate of drug-likeness (QED) is 0.608. The number of H-pyrrole nitrogens is 1. The zero-order valence-electron chi connectivity index (χ0n) is 6.97. The molecular weight excluding hydrogens is 138 g/mol. The molecule has 0 aliphatic rings. The van der Waals surface area contributed by atoms with Crippen molar-refractivity contribution in [3.05, 3.63) is 17.7 Å². The zero-order valence-corrected chi connectivity index (χ0v) is 6.97. The highest BCUT2D eigenvalue weighted by Gasteiger charge is 2.19. The monoisotopic (exact) mass is 149 g/mol. The minimum Gasteiger partial charge on any atom is -0.347 e. The Balaban J connectivity index is 3.15. The van der Waals surface area contributed by atoms with Gasteiger partial charge in [0.05, 0.1) is 12.0 Å². The van der Waals surface area contributed by atoms with Crippen molar-refractivity contribution >= 4 is 0 Å². The Morgan fingerprint density at radius 1 is 1.55 bits per heavy atom. The molecule has 0 saturated heterocycles. The smallest absolute Gasteiger partial charge is 0.161 e. The summed E-state index contributed by atoms with van der Waals surface area (Å²) in [6.07, 6.45) is 1.55. The third kappa shape index (κ3) is 1.40. The normalized spacial score (nSPS) is 11.1. The molecule has 0 aliphatic carbocycles. The van der Waals surface area contributed by atoms with Gasteiger partial charge in [0.15, 0.2) is 5.69 Å². The summed E-state index contributed by atoms with van der Waals surface area (Å²) in [6, 6.07) is 2.04. The Bertz CT molecular complexity index is 285. The fraction of sp³-hybridized carbons (Fsp3) is 0.500. The SMILES string of the molecule is CC(C)(C)c1[nH]cnc1C#N. The molecule has 0 bridgehead atoms. The molecule has 1 aromatic heterocycles. The van der Waals surface area contributed by atoms with Gasteiger partial charge in [-0.15, -0.1) is 0 Å². The van der Waals surface area contributed by atoms with Gasteiger partial charge in [-0.3, -0.25) is 0 Å². The average molecular weight is 149 g/mol. The van der Waals surface area contributed by atoms with E-state index in [9.17, 15) is 0 Å². The molecule has 0 saturated carbocycles. The van der Waals surface area contributed by atoms with Crippen molar-refractivity contribution in [2.24, 2.45) is 0 Å². The van der Waals surface area contributed by atoms with Crippen LogP contribution in [0.25, 0.3) is 0 Å². The highest BCUT2D eigenvalue weighted by Crippen LogP contribution is 2.21. The van der Waals surface area contributed by atoms with Crippen LogP contribution in [0.1, 0.15) is 32.2 Å². The Morgan fingerprint density at radius 2 is 2.18 bits per heavy atom. The lowest BCUT2D eigenvalue weighted by Crippen LogP contribution is -2.13. The lowest BCUT2D eigenvalue weighted by Gasteiger charge is -2.15. The highest BCUT2D eigenvalue weighted by molar-refractivity contribution is 5.30. The third-order valence-electron chi connectivity index (χ3n) is 1.50. The van der Waals surface area contributed by atoms with Crippen LogP contribution in [-0.2, 0) is 5.41 Å². The molecule has 1 rings (SSSR count). The molecule has 58 valence electrons. The predicted molar refractivity (Wildman–Crippen MR) is 42.0 cm³/mol. The number of hydrogen-bond donors (Lipinski definition) is 1. The van der Waals surface area contributed by atoms with E-state index in [0.29, 0.717) is 5.69 Å². The topological polar surface area (TPSA) is 52.5 Å². The van der Waals surface area contributed by atoms with Crippen molar-refractivity contribution < 1.29 is 0 Å². The zero-order chi connectivity index (χ0) is 8.48. The fourth-order valence-electron chi connectivity index (χ4n) is 0.951. The molecule has 0 aliphatic heterocycles. The largest absolute Gasteiger partial charge is 0.347 e. The van der Waals surface area contributed by atoms with E-state index in [1.165, 1.54) is 0 Å². The molecule has 3 nitrogen and oxygen atoms in total. The van der Waals surface area contributed by atoms with E-state index in [4.69, 9.17) is 5.26 Å². The standard InChI is InChI=1S/C8H11N3/c1-8(2,3)7-6(4-9)10-5-11-7/h5H,1-3H3,(H,10,11). The Hall–Kier alpha value is -1.30. The highest BCUT2D eigenvalue weighted by atomic mass is 14.9. The van der Waals surface area contributed by atoms with E-state index < -0.39 is 0 Å². The molecule has 0 radical (unpaired) electrons. The summed E-state index contributed by atoms with van der Waals surface area (Å²) in [6.45, 7) is 6.13. The molecule has 1 aromatic rings. The van der Waals surface area contributed by atoms with E-state index in [1.807, 2.05) is 26.8 Å². The molecule has 0 amide bonds. The predicted octanol–water partition coefficient (Wildman–Crippen LogP) is 1.58. The van der Waals surface area contributed by atoms with Gasteiger partial charge >= 0.3 is 0 Å². The number of aromatic nitrogens is 2. The molecule has 11 heavy (non-hydrogen) atoms. The molecule has 0 fully saturated rings. The molecule has 0 spiro atoms. The van der Waals surface area contributed by atoms with Crippen LogP contribution in [0.2, 0.25) is 0 Å². The fourth-order valence-corrected chi connectivity index (χ4v) is 0.951. The van der Waals surface area contributed by atoms with Crippen LogP contribution in [0.5, 0.6) is 0 Å². The molecule has 3 heteroatoms. The first-order valence-corrected chi connectivity index (χ1v) is 3.49. The third-order valence-corrected chi connectivity index (χ3v) is 1.50. The minimum absolute atomic E-state index is 0.0262. The average Bonchev–Trinajstić information content (AvgIpc) is 2.31. The van der Waals surface area contributed by atoms with Crippen LogP contribution in [-0.4, -0.2) is 9.97 Å². The number of hydrogen-bond acceptors (Lipinski definition) is 2. The lowest BCUT2D eigenvalue weighted by molar-refractivity contribution is 0.570. The Labute approximate surface area is 66.1 Å². The van der Waals surface area contributed by atoms with Crippen molar-refractivity contribution in [2.75, 3.05) is 0 Å². The molecular formula is C8H11N3. The van der Waals surface area contributed by atoms with Gasteiger partial charge in [0.25, 0.3) is 0 Å². The number of nitrogens with one attached hydrogen (secondary N) is 1. The van der Waals surface area contributed by atoms with E-state index >= 15 is 0 Å². The van der Waals surface area contributed by atoms with Crippen molar-refractivity contribution in [1.29, 1.82) is 5.26 Å². The second-order valence-corrected chi connectivity index (χ2v) is 3.49. The minimum atomic E-state index is -0.0262. The van der Waals surface area contributed by atoms with Crippen molar-refractivity contribution in [3.63, 3.8) is 0 Å². The van der Waals surface area contributed by atoms with E-state index in [1.54, 1.807) is 6.33 Å². The molecule has 0 unspecified atom stereocenters. The van der Waals surface area contributed by atoms with Gasteiger partial charge < -0.3 is 4.98 Å². The van der Waals surface area contributed by atoms with Crippen LogP contribution < -0.4 is 0 Å². The van der Waals surface area contributed by atoms with E-state index in [2.05, 4.69) is 9.97 Å². The Kier molecular flexibility index (Phi) is 1.69. The summed E-state index contributed by atoms with van der Waals surface area (Å²) >= 11 is 0. The number of rotatable bonds is 0. The lowest BCUT2D eigenvalue weighted by atomic mass is 9.91. The van der Waals surface area contributed by atoms with Crippen molar-refractivity contribution in [3.8, 4) is 6.07 Å². The number of nitrogens with zero attached hydrogens (tertiary/aromatic N) is 2. The van der Waals surface area contributed by atoms with Crippen LogP contribution in [0.4, 0.5) is 0 Å². The van der Waals surface area contributed by atoms with E-state index in [-0.39, 0.29) is 5.41 Å². The number of imidazole rings is 1. The van der Waals surface area contributed by atoms with Crippen LogP contribution in [0, 0.1) is 11.3 Å². The second-order valence-electron chi connectivity index (χ2n) is 3.49. The van der Waals surface area contributed by atoms with Gasteiger partial charge in [-0.1, -0.05) is 20.8 Å². The molecule has 0 aromatic carbocycles. The molecule has 0 atom stereocenters. The van der Waals surface area contributed by atoms with E-state index in [0.717, 1.165) is 5.69 Å². The van der Waals surface area contributed by atoms with Gasteiger partial charge in [0.2, 0.25) is 0 Å². The van der Waals surface area contributed by atoms with Crippen molar-refractivity contribution in [2.45, 2.75) is 26.2 Å². The summed E-state index contributed by atoms with van der Waals surface area (Å²) in [5.41, 5.74) is 1.37. The summed E-state index contributed by atoms with van der Waals surface area (Å²) < 4.78 is 0. The number of aromatic amines is 1. The first-order chi connectivity index (χ1) is 5.05. The maximum absolute atomic E-state index is 8.64. The van der Waals surface area contributed by atoms with Gasteiger partial charge in [-0.05, 0) is 0 Å². The van der Waals surface area contributed by atoms with Crippen LogP contribution in [0.3, 0.4) is 0 Å². The first kappa shape index (κ1) is 7.80. The number of nitriles is 1. The summed E-state index contributed by atoms with van der Waals surface area (Å²) in [5.74, 6) is 0. The summed E-state index contributed by atoms with van der Waals surface area (Å²) in [7, 11) is 0. The van der Waals surface area contributed by atoms with Gasteiger partial charge in [0, 0.05) is 5.41 Å². The Morgan fingerprint density at radius 3 is 2.55 bits per heavy atom. The van der Waals surface area contributed by atoms with Crippen LogP contribution in [0.15, 0.2) is 6.33 Å². The summed E-state index contributed by atoms with van der Waals surface area (Å²) in [5, 5.41) is 8.64. The van der Waals surface area contributed by atoms with Gasteiger partial charge in [-0.25, -0.2) is 4.98 Å². The maximum Gasteiger partial charge on any atom is 0.161 e. The maximum atomic E-state index is 8.64.